The van der Waals surface area contributed by atoms with E-state index < -0.39 is 28.5 Å². The molecule has 0 heterocycles. The molecule has 1 N–H and O–H groups in total. The van der Waals surface area contributed by atoms with Gasteiger partial charge in [0.1, 0.15) is 18.3 Å². The van der Waals surface area contributed by atoms with Crippen LogP contribution in [0.1, 0.15) is 36.5 Å². The first-order valence-corrected chi connectivity index (χ1v) is 17.0. The lowest BCUT2D eigenvalue weighted by Gasteiger charge is -2.34. The summed E-state index contributed by atoms with van der Waals surface area (Å²) < 4.78 is 34.6. The zero-order chi connectivity index (χ0) is 33.1. The highest BCUT2D eigenvalue weighted by Gasteiger charge is 2.35. The number of nitrogens with one attached hydrogen (secondary N) is 1. The Morgan fingerprint density at radius 1 is 0.891 bits per heavy atom. The Bertz CT molecular complexity index is 1700. The number of nitrogens with zero attached hydrogens (tertiary/aromatic N) is 2. The van der Waals surface area contributed by atoms with Gasteiger partial charge in [-0.05, 0) is 66.9 Å². The Morgan fingerprint density at radius 2 is 1.54 bits per heavy atom. The molecule has 4 aromatic carbocycles. The van der Waals surface area contributed by atoms with Crippen LogP contribution in [0.2, 0.25) is 5.02 Å². The van der Waals surface area contributed by atoms with Gasteiger partial charge in [0.05, 0.1) is 17.7 Å². The quantitative estimate of drug-likeness (QED) is 0.149. The van der Waals surface area contributed by atoms with Crippen LogP contribution in [0.5, 0.6) is 5.75 Å². The van der Waals surface area contributed by atoms with Crippen LogP contribution in [0.15, 0.2) is 108 Å². The fraction of sp³-hybridized carbons (Fsp3) is 0.278. The molecule has 0 aromatic heterocycles. The van der Waals surface area contributed by atoms with Crippen molar-refractivity contribution in [2.75, 3.05) is 24.5 Å². The molecule has 0 radical (unpaired) electrons. The molecule has 0 spiro atoms. The number of carbonyl (C=O) groups excluding carboxylic acids is 2. The Hall–Kier alpha value is -4.34. The number of amides is 2. The van der Waals surface area contributed by atoms with Gasteiger partial charge in [-0.25, -0.2) is 8.42 Å². The molecular formula is C36H40ClN3O5S. The summed E-state index contributed by atoms with van der Waals surface area (Å²) in [6.45, 7) is 3.84. The number of benzene rings is 4. The number of hydrogen-bond acceptors (Lipinski definition) is 5. The van der Waals surface area contributed by atoms with Crippen molar-refractivity contribution in [3.63, 3.8) is 0 Å². The van der Waals surface area contributed by atoms with Crippen molar-refractivity contribution in [3.05, 3.63) is 125 Å². The molecule has 4 rings (SSSR count). The lowest BCUT2D eigenvalue weighted by Crippen LogP contribution is -2.53. The molecule has 8 nitrogen and oxygen atoms in total. The smallest absolute Gasteiger partial charge is 0.264 e. The lowest BCUT2D eigenvalue weighted by atomic mass is 10.0. The monoisotopic (exact) mass is 661 g/mol. The van der Waals surface area contributed by atoms with Crippen molar-refractivity contribution in [2.45, 2.75) is 50.6 Å². The Morgan fingerprint density at radius 3 is 2.17 bits per heavy atom. The van der Waals surface area contributed by atoms with Gasteiger partial charge in [-0.15, -0.1) is 0 Å². The predicted molar refractivity (Wildman–Crippen MR) is 183 cm³/mol. The normalized spacial score (nSPS) is 11.8. The van der Waals surface area contributed by atoms with E-state index in [0.717, 1.165) is 28.3 Å². The number of ether oxygens (including phenoxy) is 1. The number of aryl methyl sites for hydroxylation is 1. The van der Waals surface area contributed by atoms with Crippen molar-refractivity contribution in [2.24, 2.45) is 0 Å². The second-order valence-electron chi connectivity index (χ2n) is 11.0. The zero-order valence-electron chi connectivity index (χ0n) is 26.4. The largest absolute Gasteiger partial charge is 0.497 e. The van der Waals surface area contributed by atoms with Crippen molar-refractivity contribution in [3.8, 4) is 5.75 Å². The molecule has 0 bridgehead atoms. The van der Waals surface area contributed by atoms with Crippen LogP contribution >= 0.6 is 11.6 Å². The van der Waals surface area contributed by atoms with Crippen molar-refractivity contribution in [1.82, 2.24) is 10.2 Å². The van der Waals surface area contributed by atoms with E-state index in [1.165, 1.54) is 24.1 Å². The highest BCUT2D eigenvalue weighted by atomic mass is 35.5. The molecule has 0 saturated carbocycles. The summed E-state index contributed by atoms with van der Waals surface area (Å²) in [5, 5.41) is 3.42. The summed E-state index contributed by atoms with van der Waals surface area (Å²) in [6, 6.07) is 28.5. The number of methoxy groups -OCH3 is 1. The molecule has 0 saturated heterocycles. The predicted octanol–water partition coefficient (Wildman–Crippen LogP) is 6.41. The Labute approximate surface area is 277 Å². The Kier molecular flexibility index (Phi) is 12.2. The van der Waals surface area contributed by atoms with Crippen LogP contribution in [0.4, 0.5) is 5.69 Å². The fourth-order valence-electron chi connectivity index (χ4n) is 4.98. The number of carbonyl (C=O) groups is 2. The maximum Gasteiger partial charge on any atom is 0.264 e. The summed E-state index contributed by atoms with van der Waals surface area (Å²) in [7, 11) is -2.72. The number of anilines is 1. The van der Waals surface area contributed by atoms with Crippen LogP contribution in [-0.2, 0) is 32.6 Å². The van der Waals surface area contributed by atoms with E-state index in [1.807, 2.05) is 50.2 Å². The standard InChI is InChI=1S/C36H40ClN3O5S/c1-4-5-23-38-36(42)34(24-28-11-7-6-8-12-28)39(25-29-13-9-10-14-33(29)37)35(41)26-40(30-17-15-27(2)16-18-30)46(43,44)32-21-19-31(45-3)20-22-32/h6-22,34H,4-5,23-26H2,1-3H3,(H,38,42)/t34-/m1/s1. The SMILES string of the molecule is CCCCNC(=O)[C@@H](Cc1ccccc1)N(Cc1ccccc1Cl)C(=O)CN(c1ccc(C)cc1)S(=O)(=O)c1ccc(OC)cc1. The van der Waals surface area contributed by atoms with Crippen molar-refractivity contribution in [1.29, 1.82) is 0 Å². The van der Waals surface area contributed by atoms with Gasteiger partial charge in [-0.3, -0.25) is 13.9 Å². The van der Waals surface area contributed by atoms with Gasteiger partial charge in [0.15, 0.2) is 0 Å². The van der Waals surface area contributed by atoms with Crippen molar-refractivity contribution >= 4 is 39.1 Å². The summed E-state index contributed by atoms with van der Waals surface area (Å²) in [5.41, 5.74) is 2.75. The molecule has 2 amide bonds. The van der Waals surface area contributed by atoms with E-state index in [0.29, 0.717) is 28.6 Å². The second-order valence-corrected chi connectivity index (χ2v) is 13.3. The zero-order valence-corrected chi connectivity index (χ0v) is 27.9. The third-order valence-electron chi connectivity index (χ3n) is 7.65. The highest BCUT2D eigenvalue weighted by Crippen LogP contribution is 2.27. The van der Waals surface area contributed by atoms with Gasteiger partial charge >= 0.3 is 0 Å². The van der Waals surface area contributed by atoms with Gasteiger partial charge < -0.3 is 15.0 Å². The van der Waals surface area contributed by atoms with E-state index in [4.69, 9.17) is 16.3 Å². The first-order chi connectivity index (χ1) is 22.1. The first-order valence-electron chi connectivity index (χ1n) is 15.2. The minimum absolute atomic E-state index is 0.00151. The van der Waals surface area contributed by atoms with E-state index >= 15 is 0 Å². The van der Waals surface area contributed by atoms with Crippen LogP contribution in [-0.4, -0.2) is 51.4 Å². The molecular weight excluding hydrogens is 622 g/mol. The van der Waals surface area contributed by atoms with Gasteiger partial charge in [0.25, 0.3) is 10.0 Å². The van der Waals surface area contributed by atoms with Gasteiger partial charge in [-0.2, -0.15) is 0 Å². The molecule has 0 aliphatic rings. The van der Waals surface area contributed by atoms with Crippen LogP contribution in [0.25, 0.3) is 0 Å². The second kappa shape index (κ2) is 16.3. The number of rotatable bonds is 15. The van der Waals surface area contributed by atoms with E-state index in [1.54, 1.807) is 54.6 Å². The minimum atomic E-state index is -4.22. The molecule has 0 unspecified atom stereocenters. The first kappa shape index (κ1) is 34.5. The molecule has 0 fully saturated rings. The molecule has 10 heteroatoms. The molecule has 0 aliphatic carbocycles. The van der Waals surface area contributed by atoms with E-state index in [2.05, 4.69) is 5.32 Å². The summed E-state index contributed by atoms with van der Waals surface area (Å²) in [5.74, 6) is -0.373. The molecule has 242 valence electrons. The van der Waals surface area contributed by atoms with Crippen LogP contribution in [0, 0.1) is 6.92 Å². The van der Waals surface area contributed by atoms with Crippen LogP contribution in [0.3, 0.4) is 0 Å². The van der Waals surface area contributed by atoms with Crippen LogP contribution < -0.4 is 14.4 Å². The number of halogens is 1. The number of sulfonamides is 1. The number of hydrogen-bond donors (Lipinski definition) is 1. The summed E-state index contributed by atoms with van der Waals surface area (Å²) in [4.78, 5) is 29.8. The maximum absolute atomic E-state index is 14.5. The van der Waals surface area contributed by atoms with E-state index in [9.17, 15) is 18.0 Å². The summed E-state index contributed by atoms with van der Waals surface area (Å²) >= 11 is 6.56. The number of unbranched alkanes of at least 4 members (excludes halogenated alkanes) is 1. The van der Waals surface area contributed by atoms with Crippen molar-refractivity contribution < 1.29 is 22.7 Å². The average Bonchev–Trinajstić information content (AvgIpc) is 3.07. The maximum atomic E-state index is 14.5. The van der Waals surface area contributed by atoms with Gasteiger partial charge in [-0.1, -0.05) is 91.2 Å². The lowest BCUT2D eigenvalue weighted by molar-refractivity contribution is -0.140. The molecule has 46 heavy (non-hydrogen) atoms. The molecule has 0 aliphatic heterocycles. The average molecular weight is 662 g/mol. The molecule has 4 aromatic rings. The topological polar surface area (TPSA) is 96.0 Å². The third-order valence-corrected chi connectivity index (χ3v) is 9.80. The highest BCUT2D eigenvalue weighted by molar-refractivity contribution is 7.92. The minimum Gasteiger partial charge on any atom is -0.497 e. The van der Waals surface area contributed by atoms with Gasteiger partial charge in [0.2, 0.25) is 11.8 Å². The third kappa shape index (κ3) is 8.89. The Balaban J connectivity index is 1.79. The fourth-order valence-corrected chi connectivity index (χ4v) is 6.59. The summed E-state index contributed by atoms with van der Waals surface area (Å²) in [6.07, 6.45) is 1.90. The van der Waals surface area contributed by atoms with E-state index in [-0.39, 0.29) is 23.8 Å². The van der Waals surface area contributed by atoms with Gasteiger partial charge in [0, 0.05) is 24.5 Å². The molecule has 1 atom stereocenters.